The van der Waals surface area contributed by atoms with Gasteiger partial charge in [0.05, 0.1) is 15.8 Å². The first-order chi connectivity index (χ1) is 9.56. The van der Waals surface area contributed by atoms with Crippen LogP contribution in [0.1, 0.15) is 5.56 Å². The van der Waals surface area contributed by atoms with Gasteiger partial charge in [-0.3, -0.25) is 4.79 Å². The average Bonchev–Trinajstić information content (AvgIpc) is 2.43. The van der Waals surface area contributed by atoms with E-state index in [0.717, 1.165) is 4.90 Å². The van der Waals surface area contributed by atoms with Gasteiger partial charge in [-0.1, -0.05) is 41.4 Å². The highest BCUT2D eigenvalue weighted by atomic mass is 35.5. The molecular formula is C15H11Cl2FOS. The Morgan fingerprint density at radius 1 is 1.10 bits per heavy atom. The van der Waals surface area contributed by atoms with E-state index >= 15 is 0 Å². The Bertz CT molecular complexity index is 631. The molecule has 0 aliphatic carbocycles. The number of ketones is 1. The Morgan fingerprint density at radius 3 is 2.55 bits per heavy atom. The normalized spacial score (nSPS) is 10.6. The Kier molecular flexibility index (Phi) is 5.46. The lowest BCUT2D eigenvalue weighted by Crippen LogP contribution is -2.07. The van der Waals surface area contributed by atoms with Crippen molar-refractivity contribution in [1.29, 1.82) is 0 Å². The van der Waals surface area contributed by atoms with E-state index in [1.165, 1.54) is 17.8 Å². The van der Waals surface area contributed by atoms with E-state index in [1.807, 2.05) is 0 Å². The largest absolute Gasteiger partial charge is 0.298 e. The second-order valence-electron chi connectivity index (χ2n) is 4.17. The number of thioether (sulfide) groups is 1. The molecule has 1 nitrogen and oxygen atoms in total. The van der Waals surface area contributed by atoms with Crippen molar-refractivity contribution in [3.8, 4) is 0 Å². The Hall–Kier alpha value is -1.03. The fourth-order valence-electron chi connectivity index (χ4n) is 1.64. The van der Waals surface area contributed by atoms with E-state index in [9.17, 15) is 9.18 Å². The van der Waals surface area contributed by atoms with Gasteiger partial charge in [-0.2, -0.15) is 0 Å². The van der Waals surface area contributed by atoms with Gasteiger partial charge in [0, 0.05) is 11.3 Å². The quantitative estimate of drug-likeness (QED) is 0.715. The van der Waals surface area contributed by atoms with Crippen molar-refractivity contribution in [1.82, 2.24) is 0 Å². The van der Waals surface area contributed by atoms with Crippen LogP contribution in [-0.4, -0.2) is 11.5 Å². The molecule has 0 aliphatic rings. The molecule has 0 unspecified atom stereocenters. The summed E-state index contributed by atoms with van der Waals surface area (Å²) in [6.07, 6.45) is 0.0982. The van der Waals surface area contributed by atoms with Gasteiger partial charge < -0.3 is 0 Å². The highest BCUT2D eigenvalue weighted by Crippen LogP contribution is 2.28. The summed E-state index contributed by atoms with van der Waals surface area (Å²) < 4.78 is 13.4. The Labute approximate surface area is 131 Å². The molecule has 0 saturated heterocycles. The van der Waals surface area contributed by atoms with Crippen LogP contribution in [0.3, 0.4) is 0 Å². The molecule has 2 aromatic carbocycles. The number of benzene rings is 2. The molecule has 0 atom stereocenters. The summed E-state index contributed by atoms with van der Waals surface area (Å²) in [5.41, 5.74) is 0.423. The molecule has 0 spiro atoms. The van der Waals surface area contributed by atoms with Crippen LogP contribution in [0.5, 0.6) is 0 Å². The molecular weight excluding hydrogens is 318 g/mol. The van der Waals surface area contributed by atoms with Crippen LogP contribution in [0.25, 0.3) is 0 Å². The number of halogens is 3. The molecule has 0 radical (unpaired) electrons. The first-order valence-electron chi connectivity index (χ1n) is 5.89. The third-order valence-electron chi connectivity index (χ3n) is 2.64. The number of Topliss-reactive ketones (excluding diaryl/α,β-unsaturated/α-hetero) is 1. The van der Waals surface area contributed by atoms with E-state index in [2.05, 4.69) is 0 Å². The molecule has 0 bridgehead atoms. The van der Waals surface area contributed by atoms with E-state index in [0.29, 0.717) is 15.6 Å². The van der Waals surface area contributed by atoms with Gasteiger partial charge >= 0.3 is 0 Å². The van der Waals surface area contributed by atoms with Crippen molar-refractivity contribution in [2.45, 2.75) is 11.3 Å². The molecule has 0 amide bonds. The fourth-order valence-corrected chi connectivity index (χ4v) is 2.79. The summed E-state index contributed by atoms with van der Waals surface area (Å²) in [6, 6.07) is 11.5. The fraction of sp³-hybridized carbons (Fsp3) is 0.133. The molecule has 5 heteroatoms. The lowest BCUT2D eigenvalue weighted by molar-refractivity contribution is -0.116. The standard InChI is InChI=1S/C15H11Cl2FOS/c16-13-6-5-12(8-14(13)17)20-9-11(19)7-10-3-1-2-4-15(10)18/h1-6,8H,7,9H2. The second kappa shape index (κ2) is 7.11. The highest BCUT2D eigenvalue weighted by Gasteiger charge is 2.09. The topological polar surface area (TPSA) is 17.1 Å². The summed E-state index contributed by atoms with van der Waals surface area (Å²) in [4.78, 5) is 12.7. The van der Waals surface area contributed by atoms with Crippen LogP contribution in [-0.2, 0) is 11.2 Å². The van der Waals surface area contributed by atoms with E-state index in [1.54, 1.807) is 36.4 Å². The summed E-state index contributed by atoms with van der Waals surface area (Å²) in [5.74, 6) is -0.113. The average molecular weight is 329 g/mol. The zero-order chi connectivity index (χ0) is 14.5. The van der Waals surface area contributed by atoms with Crippen molar-refractivity contribution in [3.63, 3.8) is 0 Å². The minimum Gasteiger partial charge on any atom is -0.298 e. The first kappa shape index (κ1) is 15.4. The number of hydrogen-bond acceptors (Lipinski definition) is 2. The molecule has 0 fully saturated rings. The highest BCUT2D eigenvalue weighted by molar-refractivity contribution is 8.00. The van der Waals surface area contributed by atoms with Gasteiger partial charge in [0.15, 0.2) is 0 Å². The van der Waals surface area contributed by atoms with Crippen LogP contribution in [0, 0.1) is 5.82 Å². The predicted molar refractivity (Wildman–Crippen MR) is 82.3 cm³/mol. The van der Waals surface area contributed by atoms with Crippen molar-refractivity contribution in [2.75, 3.05) is 5.75 Å². The van der Waals surface area contributed by atoms with E-state index < -0.39 is 0 Å². The molecule has 0 aromatic heterocycles. The van der Waals surface area contributed by atoms with Crippen LogP contribution in [0.15, 0.2) is 47.4 Å². The summed E-state index contributed by atoms with van der Waals surface area (Å²) >= 11 is 13.1. The monoisotopic (exact) mass is 328 g/mol. The third kappa shape index (κ3) is 4.23. The molecule has 0 saturated carbocycles. The second-order valence-corrected chi connectivity index (χ2v) is 6.03. The Morgan fingerprint density at radius 2 is 1.85 bits per heavy atom. The molecule has 2 aromatic rings. The van der Waals surface area contributed by atoms with Crippen molar-refractivity contribution in [2.24, 2.45) is 0 Å². The van der Waals surface area contributed by atoms with Crippen LogP contribution in [0.4, 0.5) is 4.39 Å². The zero-order valence-electron chi connectivity index (χ0n) is 10.4. The number of hydrogen-bond donors (Lipinski definition) is 0. The van der Waals surface area contributed by atoms with Crippen molar-refractivity contribution < 1.29 is 9.18 Å². The third-order valence-corrected chi connectivity index (χ3v) is 4.43. The molecule has 104 valence electrons. The van der Waals surface area contributed by atoms with Crippen LogP contribution < -0.4 is 0 Å². The lowest BCUT2D eigenvalue weighted by atomic mass is 10.1. The minimum atomic E-state index is -0.347. The molecule has 20 heavy (non-hydrogen) atoms. The molecule has 0 N–H and O–H groups in total. The van der Waals surface area contributed by atoms with Gasteiger partial charge in [0.2, 0.25) is 0 Å². The van der Waals surface area contributed by atoms with E-state index in [4.69, 9.17) is 23.2 Å². The van der Waals surface area contributed by atoms with Gasteiger partial charge in [-0.25, -0.2) is 4.39 Å². The molecule has 0 aliphatic heterocycles. The predicted octanol–water partition coefficient (Wildman–Crippen LogP) is 5.04. The summed E-state index contributed by atoms with van der Waals surface area (Å²) in [6.45, 7) is 0. The molecule has 2 rings (SSSR count). The van der Waals surface area contributed by atoms with Crippen LogP contribution >= 0.6 is 35.0 Å². The van der Waals surface area contributed by atoms with Crippen molar-refractivity contribution in [3.05, 3.63) is 63.9 Å². The van der Waals surface area contributed by atoms with E-state index in [-0.39, 0.29) is 23.8 Å². The molecule has 0 heterocycles. The number of carbonyl (C=O) groups is 1. The number of rotatable bonds is 5. The maximum Gasteiger partial charge on any atom is 0.147 e. The van der Waals surface area contributed by atoms with Gasteiger partial charge in [0.25, 0.3) is 0 Å². The van der Waals surface area contributed by atoms with Crippen LogP contribution in [0.2, 0.25) is 10.0 Å². The maximum atomic E-state index is 13.4. The van der Waals surface area contributed by atoms with Gasteiger partial charge in [0.1, 0.15) is 11.6 Å². The number of carbonyl (C=O) groups excluding carboxylic acids is 1. The minimum absolute atomic E-state index is 0.0360. The maximum absolute atomic E-state index is 13.4. The lowest BCUT2D eigenvalue weighted by Gasteiger charge is -2.04. The first-order valence-corrected chi connectivity index (χ1v) is 7.63. The summed E-state index contributed by atoms with van der Waals surface area (Å²) in [7, 11) is 0. The smallest absolute Gasteiger partial charge is 0.147 e. The zero-order valence-corrected chi connectivity index (χ0v) is 12.7. The van der Waals surface area contributed by atoms with Gasteiger partial charge in [-0.15, -0.1) is 11.8 Å². The van der Waals surface area contributed by atoms with Gasteiger partial charge in [-0.05, 0) is 29.8 Å². The summed E-state index contributed by atoms with van der Waals surface area (Å²) in [5, 5.41) is 0.937. The SMILES string of the molecule is O=C(CSc1ccc(Cl)c(Cl)c1)Cc1ccccc1F. The Balaban J connectivity index is 1.92. The van der Waals surface area contributed by atoms with Crippen molar-refractivity contribution >= 4 is 40.7 Å².